The molecular weight excluding hydrogens is 399 g/mol. The Morgan fingerprint density at radius 1 is 1.12 bits per heavy atom. The molecule has 0 fully saturated rings. The second kappa shape index (κ2) is 8.26. The summed E-state index contributed by atoms with van der Waals surface area (Å²) in [4.78, 5) is 14.0. The smallest absolute Gasteiger partial charge is 0.275 e. The molecule has 26 heavy (non-hydrogen) atoms. The monoisotopic (exact) mass is 416 g/mol. The van der Waals surface area contributed by atoms with E-state index in [1.807, 2.05) is 30.8 Å². The molecule has 0 saturated heterocycles. The number of ether oxygens (including phenoxy) is 1. The molecule has 1 atom stereocenters. The van der Waals surface area contributed by atoms with Gasteiger partial charge in [0.15, 0.2) is 6.10 Å². The summed E-state index contributed by atoms with van der Waals surface area (Å²) >= 11 is 11.6. The second-order valence-electron chi connectivity index (χ2n) is 5.66. The van der Waals surface area contributed by atoms with Crippen LogP contribution in [0.15, 0.2) is 41.3 Å². The van der Waals surface area contributed by atoms with Crippen molar-refractivity contribution in [1.82, 2.24) is 10.3 Å². The van der Waals surface area contributed by atoms with Crippen LogP contribution in [0.3, 0.4) is 0 Å². The highest BCUT2D eigenvalue weighted by atomic mass is 35.5. The third-order valence-electron chi connectivity index (χ3n) is 3.68. The van der Waals surface area contributed by atoms with Crippen molar-refractivity contribution < 1.29 is 17.9 Å². The summed E-state index contributed by atoms with van der Waals surface area (Å²) in [6.07, 6.45) is -0.916. The highest BCUT2D eigenvalue weighted by Crippen LogP contribution is 2.23. The Morgan fingerprint density at radius 3 is 2.35 bits per heavy atom. The number of benzene rings is 2. The number of nitrogens with one attached hydrogen (secondary N) is 2. The van der Waals surface area contributed by atoms with Gasteiger partial charge in [-0.2, -0.15) is 0 Å². The van der Waals surface area contributed by atoms with Crippen molar-refractivity contribution in [2.24, 2.45) is 0 Å². The topological polar surface area (TPSA) is 84.5 Å². The van der Waals surface area contributed by atoms with Crippen molar-refractivity contribution in [2.75, 3.05) is 0 Å². The van der Waals surface area contributed by atoms with E-state index in [0.717, 1.165) is 11.1 Å². The predicted molar refractivity (Wildman–Crippen MR) is 101 cm³/mol. The van der Waals surface area contributed by atoms with Crippen LogP contribution in [0.2, 0.25) is 10.0 Å². The van der Waals surface area contributed by atoms with Crippen molar-refractivity contribution in [3.63, 3.8) is 0 Å². The van der Waals surface area contributed by atoms with E-state index in [9.17, 15) is 13.2 Å². The van der Waals surface area contributed by atoms with E-state index in [1.54, 1.807) is 6.07 Å². The van der Waals surface area contributed by atoms with Crippen LogP contribution in [0.25, 0.3) is 0 Å². The van der Waals surface area contributed by atoms with E-state index in [-0.39, 0.29) is 14.9 Å². The van der Waals surface area contributed by atoms with Gasteiger partial charge in [-0.15, -0.1) is 4.83 Å². The summed E-state index contributed by atoms with van der Waals surface area (Å²) in [6.45, 7) is 5.32. The van der Waals surface area contributed by atoms with Crippen molar-refractivity contribution in [2.45, 2.75) is 31.8 Å². The number of carbonyl (C=O) groups excluding carboxylic acids is 1. The molecular formula is C17H18Cl2N2O4S. The number of hydrogen-bond donors (Lipinski definition) is 2. The number of carbonyl (C=O) groups is 1. The lowest BCUT2D eigenvalue weighted by Crippen LogP contribution is -2.47. The molecule has 2 aromatic rings. The zero-order chi connectivity index (χ0) is 19.5. The van der Waals surface area contributed by atoms with E-state index >= 15 is 0 Å². The van der Waals surface area contributed by atoms with E-state index in [4.69, 9.17) is 27.9 Å². The third-order valence-corrected chi connectivity index (χ3v) is 5.35. The summed E-state index contributed by atoms with van der Waals surface area (Å²) in [7, 11) is -4.03. The fraction of sp³-hybridized carbons (Fsp3) is 0.235. The van der Waals surface area contributed by atoms with Gasteiger partial charge in [-0.05, 0) is 56.2 Å². The summed E-state index contributed by atoms with van der Waals surface area (Å²) in [5, 5.41) is 0.326. The minimum Gasteiger partial charge on any atom is -0.481 e. The zero-order valence-electron chi connectivity index (χ0n) is 14.3. The van der Waals surface area contributed by atoms with Gasteiger partial charge in [0, 0.05) is 10.0 Å². The predicted octanol–water partition coefficient (Wildman–Crippen LogP) is 3.39. The molecule has 9 heteroatoms. The molecule has 0 aromatic heterocycles. The Kier molecular flexibility index (Phi) is 6.52. The quantitative estimate of drug-likeness (QED) is 0.706. The van der Waals surface area contributed by atoms with Gasteiger partial charge < -0.3 is 4.74 Å². The number of sulfonamides is 1. The maximum Gasteiger partial charge on any atom is 0.275 e. The van der Waals surface area contributed by atoms with Crippen LogP contribution >= 0.6 is 23.2 Å². The summed E-state index contributed by atoms with van der Waals surface area (Å²) < 4.78 is 30.1. The van der Waals surface area contributed by atoms with E-state index in [1.165, 1.54) is 25.1 Å². The van der Waals surface area contributed by atoms with Gasteiger partial charge >= 0.3 is 0 Å². The zero-order valence-corrected chi connectivity index (χ0v) is 16.7. The van der Waals surface area contributed by atoms with Gasteiger partial charge in [0.25, 0.3) is 15.9 Å². The summed E-state index contributed by atoms with van der Waals surface area (Å²) in [5.41, 5.74) is 4.05. The first kappa shape index (κ1) is 20.5. The molecule has 1 amide bonds. The fourth-order valence-electron chi connectivity index (χ4n) is 2.06. The van der Waals surface area contributed by atoms with Crippen LogP contribution in [0.4, 0.5) is 0 Å². The number of hydrazine groups is 1. The van der Waals surface area contributed by atoms with Crippen LogP contribution < -0.4 is 15.0 Å². The first-order valence-electron chi connectivity index (χ1n) is 7.61. The molecule has 0 radical (unpaired) electrons. The minimum atomic E-state index is -4.03. The first-order valence-corrected chi connectivity index (χ1v) is 9.84. The largest absolute Gasteiger partial charge is 0.481 e. The van der Waals surface area contributed by atoms with E-state index < -0.39 is 22.0 Å². The first-order chi connectivity index (χ1) is 12.1. The summed E-state index contributed by atoms with van der Waals surface area (Å²) in [6, 6.07) is 9.33. The molecule has 140 valence electrons. The standard InChI is InChI=1S/C17H18Cl2N2O4S/c1-10-5-4-6-16(11(10)2)25-12(3)17(22)20-21-26(23,24)15-8-13(18)7-14(19)9-15/h4-9,12,21H,1-3H3,(H,20,22)/t12-/m1/s1. The number of aryl methyl sites for hydroxylation is 1. The average Bonchev–Trinajstić information content (AvgIpc) is 2.56. The minimum absolute atomic E-state index is 0.163. The Bertz CT molecular complexity index is 912. The second-order valence-corrected chi connectivity index (χ2v) is 8.21. The highest BCUT2D eigenvalue weighted by molar-refractivity contribution is 7.89. The molecule has 0 spiro atoms. The van der Waals surface area contributed by atoms with Crippen molar-refractivity contribution in [3.8, 4) is 5.75 Å². The lowest BCUT2D eigenvalue weighted by atomic mass is 10.1. The summed E-state index contributed by atoms with van der Waals surface area (Å²) in [5.74, 6) is -0.0975. The van der Waals surface area contributed by atoms with E-state index in [0.29, 0.717) is 5.75 Å². The molecule has 6 nitrogen and oxygen atoms in total. The average molecular weight is 417 g/mol. The fourth-order valence-corrected chi connectivity index (χ4v) is 3.63. The Labute approximate surface area is 162 Å². The lowest BCUT2D eigenvalue weighted by molar-refractivity contribution is -0.127. The highest BCUT2D eigenvalue weighted by Gasteiger charge is 2.20. The number of halogens is 2. The van der Waals surface area contributed by atoms with Gasteiger partial charge in [0.2, 0.25) is 0 Å². The Morgan fingerprint density at radius 2 is 1.73 bits per heavy atom. The van der Waals surface area contributed by atoms with Gasteiger partial charge in [-0.25, -0.2) is 8.42 Å². The van der Waals surface area contributed by atoms with Crippen molar-refractivity contribution >= 4 is 39.1 Å². The van der Waals surface area contributed by atoms with Gasteiger partial charge in [-0.1, -0.05) is 35.3 Å². The van der Waals surface area contributed by atoms with Crippen LogP contribution in [0.5, 0.6) is 5.75 Å². The van der Waals surface area contributed by atoms with Crippen molar-refractivity contribution in [3.05, 3.63) is 57.6 Å². The number of hydrogen-bond acceptors (Lipinski definition) is 4. The number of rotatable bonds is 6. The molecule has 0 bridgehead atoms. The molecule has 0 heterocycles. The molecule has 2 N–H and O–H groups in total. The van der Waals surface area contributed by atoms with Gasteiger partial charge in [-0.3, -0.25) is 10.2 Å². The molecule has 0 aliphatic rings. The molecule has 0 saturated carbocycles. The van der Waals surface area contributed by atoms with E-state index in [2.05, 4.69) is 5.43 Å². The lowest BCUT2D eigenvalue weighted by Gasteiger charge is -2.17. The Balaban J connectivity index is 2.04. The van der Waals surface area contributed by atoms with Crippen molar-refractivity contribution in [1.29, 1.82) is 0 Å². The maximum atomic E-state index is 12.2. The number of amides is 1. The molecule has 0 aliphatic carbocycles. The van der Waals surface area contributed by atoms with Gasteiger partial charge in [0.05, 0.1) is 4.90 Å². The SMILES string of the molecule is Cc1cccc(O[C@H](C)C(=O)NNS(=O)(=O)c2cc(Cl)cc(Cl)c2)c1C. The molecule has 2 rings (SSSR count). The van der Waals surface area contributed by atoms with Crippen LogP contribution in [0, 0.1) is 13.8 Å². The Hall–Kier alpha value is -1.80. The third kappa shape index (κ3) is 5.11. The normalized spacial score (nSPS) is 12.5. The van der Waals surface area contributed by atoms with Gasteiger partial charge in [0.1, 0.15) is 5.75 Å². The molecule has 0 aliphatic heterocycles. The van der Waals surface area contributed by atoms with Crippen LogP contribution in [-0.2, 0) is 14.8 Å². The van der Waals surface area contributed by atoms with Crippen LogP contribution in [-0.4, -0.2) is 20.4 Å². The van der Waals surface area contributed by atoms with Crippen LogP contribution in [0.1, 0.15) is 18.1 Å². The maximum absolute atomic E-state index is 12.2. The molecule has 0 unspecified atom stereocenters. The molecule has 2 aromatic carbocycles.